The van der Waals surface area contributed by atoms with Crippen LogP contribution >= 0.6 is 0 Å². The number of anilines is 1. The number of carbonyl (C=O) groups is 1. The van der Waals surface area contributed by atoms with Crippen LogP contribution in [0.2, 0.25) is 0 Å². The van der Waals surface area contributed by atoms with E-state index in [0.29, 0.717) is 29.1 Å². The number of methoxy groups -OCH3 is 1. The average Bonchev–Trinajstić information content (AvgIpc) is 3.10. The molecule has 0 bridgehead atoms. The zero-order valence-electron chi connectivity index (χ0n) is 15.1. The quantitative estimate of drug-likeness (QED) is 0.702. The van der Waals surface area contributed by atoms with E-state index in [1.54, 1.807) is 23.0 Å². The number of hydrogen-bond acceptors (Lipinski definition) is 7. The predicted octanol–water partition coefficient (Wildman–Crippen LogP) is 1.73. The molecular weight excluding hydrogens is 355 g/mol. The molecule has 0 spiro atoms. The highest BCUT2D eigenvalue weighted by molar-refractivity contribution is 5.80. The van der Waals surface area contributed by atoms with Gasteiger partial charge in [0.15, 0.2) is 5.65 Å². The second-order valence-corrected chi connectivity index (χ2v) is 5.63. The number of nitrogens with zero attached hydrogens (tertiary/aromatic N) is 5. The predicted molar refractivity (Wildman–Crippen MR) is 96.4 cm³/mol. The fraction of sp³-hybridized carbons (Fsp3) is 0.294. The van der Waals surface area contributed by atoms with E-state index >= 15 is 0 Å². The lowest BCUT2D eigenvalue weighted by Crippen LogP contribution is -2.27. The van der Waals surface area contributed by atoms with Gasteiger partial charge in [-0.3, -0.25) is 0 Å². The number of rotatable bonds is 6. The summed E-state index contributed by atoms with van der Waals surface area (Å²) in [7, 11) is 4.79. The first kappa shape index (κ1) is 18.4. The van der Waals surface area contributed by atoms with Crippen molar-refractivity contribution in [2.75, 3.05) is 39.3 Å². The minimum Gasteiger partial charge on any atom is -0.481 e. The molecule has 0 radical (unpaired) electrons. The SMILES string of the molecule is CNC(=O)OCCN(C)c1ccn2ncc(-c3cc(F)cnc3OC)c2n1. The molecule has 0 atom stereocenters. The Morgan fingerprint density at radius 1 is 1.37 bits per heavy atom. The van der Waals surface area contributed by atoms with E-state index in [1.165, 1.54) is 20.2 Å². The Bertz CT molecular complexity index is 961. The Morgan fingerprint density at radius 3 is 2.93 bits per heavy atom. The van der Waals surface area contributed by atoms with Gasteiger partial charge in [0, 0.05) is 20.3 Å². The standard InChI is InChI=1S/C17H19FN6O3/c1-19-17(25)27-7-6-23(2)14-4-5-24-15(22-14)13(10-21-24)12-8-11(18)9-20-16(12)26-3/h4-5,8-10H,6-7H2,1-3H3,(H,19,25). The lowest BCUT2D eigenvalue weighted by Gasteiger charge is -2.18. The number of alkyl carbamates (subject to hydrolysis) is 1. The summed E-state index contributed by atoms with van der Waals surface area (Å²) in [5.74, 6) is 0.448. The van der Waals surface area contributed by atoms with Crippen molar-refractivity contribution in [1.82, 2.24) is 24.9 Å². The van der Waals surface area contributed by atoms with Gasteiger partial charge in [-0.1, -0.05) is 0 Å². The molecule has 3 heterocycles. The summed E-state index contributed by atoms with van der Waals surface area (Å²) in [4.78, 5) is 21.5. The van der Waals surface area contributed by atoms with Crippen LogP contribution in [0.15, 0.2) is 30.7 Å². The van der Waals surface area contributed by atoms with E-state index in [0.717, 1.165) is 6.20 Å². The first-order valence-corrected chi connectivity index (χ1v) is 8.13. The molecule has 0 aliphatic rings. The number of aromatic nitrogens is 4. The molecular formula is C17H19FN6O3. The van der Waals surface area contributed by atoms with Crippen LogP contribution in [0, 0.1) is 5.82 Å². The van der Waals surface area contributed by atoms with Gasteiger partial charge in [0.05, 0.1) is 37.2 Å². The summed E-state index contributed by atoms with van der Waals surface area (Å²) >= 11 is 0. The zero-order chi connectivity index (χ0) is 19.4. The minimum absolute atomic E-state index is 0.205. The fourth-order valence-corrected chi connectivity index (χ4v) is 2.51. The second kappa shape index (κ2) is 7.85. The zero-order valence-corrected chi connectivity index (χ0v) is 15.1. The van der Waals surface area contributed by atoms with Gasteiger partial charge in [-0.25, -0.2) is 23.7 Å². The molecule has 3 aromatic rings. The van der Waals surface area contributed by atoms with E-state index in [2.05, 4.69) is 20.4 Å². The summed E-state index contributed by atoms with van der Waals surface area (Å²) in [5, 5.41) is 6.63. The molecule has 10 heteroatoms. The Hall–Kier alpha value is -3.43. The number of nitrogens with one attached hydrogen (secondary N) is 1. The van der Waals surface area contributed by atoms with E-state index in [-0.39, 0.29) is 12.5 Å². The highest BCUT2D eigenvalue weighted by atomic mass is 19.1. The minimum atomic E-state index is -0.490. The number of ether oxygens (including phenoxy) is 2. The Balaban J connectivity index is 1.91. The van der Waals surface area contributed by atoms with Crippen molar-refractivity contribution in [3.05, 3.63) is 36.5 Å². The largest absolute Gasteiger partial charge is 0.481 e. The lowest BCUT2D eigenvalue weighted by molar-refractivity contribution is 0.151. The summed E-state index contributed by atoms with van der Waals surface area (Å²) in [6, 6.07) is 3.11. The molecule has 27 heavy (non-hydrogen) atoms. The number of likely N-dealkylation sites (N-methyl/N-ethyl adjacent to an activating group) is 1. The van der Waals surface area contributed by atoms with Crippen LogP contribution in [0.4, 0.5) is 15.0 Å². The molecule has 0 aromatic carbocycles. The average molecular weight is 374 g/mol. The van der Waals surface area contributed by atoms with E-state index in [4.69, 9.17) is 9.47 Å². The van der Waals surface area contributed by atoms with Gasteiger partial charge in [0.2, 0.25) is 5.88 Å². The van der Waals surface area contributed by atoms with Gasteiger partial charge < -0.3 is 19.7 Å². The van der Waals surface area contributed by atoms with E-state index in [9.17, 15) is 9.18 Å². The van der Waals surface area contributed by atoms with Gasteiger partial charge in [-0.15, -0.1) is 0 Å². The molecule has 0 fully saturated rings. The highest BCUT2D eigenvalue weighted by Gasteiger charge is 2.16. The summed E-state index contributed by atoms with van der Waals surface area (Å²) in [5.41, 5.74) is 1.58. The van der Waals surface area contributed by atoms with Gasteiger partial charge in [0.1, 0.15) is 18.2 Å². The smallest absolute Gasteiger partial charge is 0.406 e. The molecule has 3 aromatic heterocycles. The van der Waals surface area contributed by atoms with E-state index in [1.807, 2.05) is 11.9 Å². The van der Waals surface area contributed by atoms with Gasteiger partial charge in [0.25, 0.3) is 0 Å². The van der Waals surface area contributed by atoms with Crippen LogP contribution in [0.3, 0.4) is 0 Å². The molecule has 142 valence electrons. The monoisotopic (exact) mass is 374 g/mol. The van der Waals surface area contributed by atoms with Crippen molar-refractivity contribution in [3.63, 3.8) is 0 Å². The molecule has 1 N–H and O–H groups in total. The third-order valence-corrected chi connectivity index (χ3v) is 3.91. The Labute approximate surface area is 154 Å². The van der Waals surface area contributed by atoms with Gasteiger partial charge in [-0.2, -0.15) is 5.10 Å². The Kier molecular flexibility index (Phi) is 5.34. The first-order valence-electron chi connectivity index (χ1n) is 8.13. The van der Waals surface area contributed by atoms with Crippen molar-refractivity contribution in [2.24, 2.45) is 0 Å². The van der Waals surface area contributed by atoms with Crippen LogP contribution in [0.25, 0.3) is 16.8 Å². The molecule has 0 aliphatic heterocycles. The maximum Gasteiger partial charge on any atom is 0.406 e. The third-order valence-electron chi connectivity index (χ3n) is 3.91. The summed E-state index contributed by atoms with van der Waals surface area (Å²) in [6.07, 6.45) is 3.93. The molecule has 0 unspecified atom stereocenters. The van der Waals surface area contributed by atoms with Crippen LogP contribution in [-0.2, 0) is 4.74 Å². The molecule has 0 saturated heterocycles. The van der Waals surface area contributed by atoms with E-state index < -0.39 is 11.9 Å². The number of hydrogen-bond donors (Lipinski definition) is 1. The number of pyridine rings is 1. The van der Waals surface area contributed by atoms with Crippen molar-refractivity contribution in [1.29, 1.82) is 0 Å². The molecule has 0 aliphatic carbocycles. The summed E-state index contributed by atoms with van der Waals surface area (Å²) in [6.45, 7) is 0.654. The van der Waals surface area contributed by atoms with Gasteiger partial charge in [-0.05, 0) is 12.1 Å². The van der Waals surface area contributed by atoms with Crippen molar-refractivity contribution < 1.29 is 18.7 Å². The normalized spacial score (nSPS) is 10.7. The van der Waals surface area contributed by atoms with Crippen molar-refractivity contribution in [3.8, 4) is 17.0 Å². The molecule has 0 saturated carbocycles. The molecule has 1 amide bonds. The fourth-order valence-electron chi connectivity index (χ4n) is 2.51. The molecule has 9 nitrogen and oxygen atoms in total. The second-order valence-electron chi connectivity index (χ2n) is 5.63. The Morgan fingerprint density at radius 2 is 2.19 bits per heavy atom. The van der Waals surface area contributed by atoms with Crippen LogP contribution in [-0.4, -0.2) is 60.0 Å². The maximum absolute atomic E-state index is 13.7. The van der Waals surface area contributed by atoms with Crippen LogP contribution in [0.5, 0.6) is 5.88 Å². The van der Waals surface area contributed by atoms with Crippen molar-refractivity contribution >= 4 is 17.6 Å². The summed E-state index contributed by atoms with van der Waals surface area (Å²) < 4.78 is 25.5. The van der Waals surface area contributed by atoms with Crippen LogP contribution in [0.1, 0.15) is 0 Å². The topological polar surface area (TPSA) is 93.9 Å². The first-order chi connectivity index (χ1) is 13.0. The van der Waals surface area contributed by atoms with Crippen molar-refractivity contribution in [2.45, 2.75) is 0 Å². The number of carbonyl (C=O) groups excluding carboxylic acids is 1. The highest BCUT2D eigenvalue weighted by Crippen LogP contribution is 2.31. The van der Waals surface area contributed by atoms with Crippen LogP contribution < -0.4 is 15.0 Å². The number of halogens is 1. The number of amides is 1. The maximum atomic E-state index is 13.7. The lowest BCUT2D eigenvalue weighted by atomic mass is 10.1. The van der Waals surface area contributed by atoms with Gasteiger partial charge >= 0.3 is 6.09 Å². The number of fused-ring (bicyclic) bond motifs is 1. The molecule has 3 rings (SSSR count). The third kappa shape index (κ3) is 3.89.